The van der Waals surface area contributed by atoms with E-state index in [1.54, 1.807) is 6.07 Å². The minimum absolute atomic E-state index is 0.0354. The molecule has 0 aliphatic heterocycles. The van der Waals surface area contributed by atoms with E-state index in [9.17, 15) is 36.5 Å². The maximum Gasteiger partial charge on any atom is 0.501 e. The van der Waals surface area contributed by atoms with Crippen molar-refractivity contribution in [2.45, 2.75) is 10.4 Å². The summed E-state index contributed by atoms with van der Waals surface area (Å²) in [6.07, 6.45) is 0. The maximum atomic E-state index is 12.5. The third kappa shape index (κ3) is 4.76. The molecule has 2 aromatic carbocycles. The molecule has 28 heavy (non-hydrogen) atoms. The van der Waals surface area contributed by atoms with E-state index in [-0.39, 0.29) is 30.0 Å². The van der Waals surface area contributed by atoms with Gasteiger partial charge in [-0.25, -0.2) is 8.42 Å². The minimum Gasteiger partial charge on any atom is -0.378 e. The van der Waals surface area contributed by atoms with Crippen molar-refractivity contribution in [2.24, 2.45) is 0 Å². The molecule has 2 aromatic rings. The third-order valence-electron chi connectivity index (χ3n) is 3.56. The van der Waals surface area contributed by atoms with Crippen molar-refractivity contribution in [2.75, 3.05) is 18.4 Å². The van der Waals surface area contributed by atoms with Crippen molar-refractivity contribution < 1.29 is 31.3 Å². The van der Waals surface area contributed by atoms with Crippen molar-refractivity contribution in [3.05, 3.63) is 64.2 Å². The van der Waals surface area contributed by atoms with Crippen LogP contribution in [-0.2, 0) is 9.84 Å². The van der Waals surface area contributed by atoms with Gasteiger partial charge in [0.25, 0.3) is 21.4 Å². The van der Waals surface area contributed by atoms with Gasteiger partial charge in [-0.3, -0.25) is 14.9 Å². The molecule has 0 fully saturated rings. The molecule has 0 saturated heterocycles. The summed E-state index contributed by atoms with van der Waals surface area (Å²) in [5, 5.41) is 16.1. The summed E-state index contributed by atoms with van der Waals surface area (Å²) in [5.41, 5.74) is -5.33. The zero-order chi connectivity index (χ0) is 20.9. The minimum atomic E-state index is -5.48. The number of amides is 1. The van der Waals surface area contributed by atoms with Gasteiger partial charge >= 0.3 is 5.51 Å². The second-order valence-electron chi connectivity index (χ2n) is 5.43. The van der Waals surface area contributed by atoms with Gasteiger partial charge in [0.2, 0.25) is 0 Å². The summed E-state index contributed by atoms with van der Waals surface area (Å²) in [7, 11) is -5.48. The van der Waals surface area contributed by atoms with Crippen LogP contribution in [0.5, 0.6) is 0 Å². The second-order valence-corrected chi connectivity index (χ2v) is 7.37. The maximum absolute atomic E-state index is 12.5. The van der Waals surface area contributed by atoms with E-state index in [0.29, 0.717) is 12.1 Å². The lowest BCUT2D eigenvalue weighted by atomic mass is 10.2. The highest BCUT2D eigenvalue weighted by molar-refractivity contribution is 7.92. The van der Waals surface area contributed by atoms with Gasteiger partial charge in [0.1, 0.15) is 5.69 Å². The van der Waals surface area contributed by atoms with Gasteiger partial charge in [-0.1, -0.05) is 12.1 Å². The standard InChI is InChI=1S/C16H14F3N3O5S/c17-16(18,19)28(26,27)12-7-5-11(6-8-12)15(23)21-10-9-20-13-3-1-2-4-14(13)22(24)25/h1-8,20H,9-10H2,(H,21,23). The normalized spacial score (nSPS) is 11.7. The number of rotatable bonds is 7. The van der Waals surface area contributed by atoms with Crippen molar-refractivity contribution in [3.8, 4) is 0 Å². The van der Waals surface area contributed by atoms with Crippen LogP contribution in [0, 0.1) is 10.1 Å². The van der Waals surface area contributed by atoms with Crippen molar-refractivity contribution in [1.82, 2.24) is 5.32 Å². The number of alkyl halides is 3. The van der Waals surface area contributed by atoms with E-state index in [1.807, 2.05) is 0 Å². The number of nitro groups is 1. The summed E-state index contributed by atoms with van der Waals surface area (Å²) in [6, 6.07) is 9.24. The predicted molar refractivity (Wildman–Crippen MR) is 93.6 cm³/mol. The number of sulfone groups is 1. The largest absolute Gasteiger partial charge is 0.501 e. The summed E-state index contributed by atoms with van der Waals surface area (Å²) < 4.78 is 60.0. The quantitative estimate of drug-likeness (QED) is 0.406. The molecular formula is C16H14F3N3O5S. The van der Waals surface area contributed by atoms with Crippen LogP contribution in [0.2, 0.25) is 0 Å². The molecule has 0 saturated carbocycles. The molecule has 12 heteroatoms. The van der Waals surface area contributed by atoms with Crippen LogP contribution in [0.1, 0.15) is 10.4 Å². The van der Waals surface area contributed by atoms with Gasteiger partial charge in [-0.2, -0.15) is 13.2 Å². The SMILES string of the molecule is O=C(NCCNc1ccccc1[N+](=O)[O-])c1ccc(S(=O)(=O)C(F)(F)F)cc1. The predicted octanol–water partition coefficient (Wildman–Crippen LogP) is 2.73. The topological polar surface area (TPSA) is 118 Å². The molecule has 2 rings (SSSR count). The van der Waals surface area contributed by atoms with Crippen LogP contribution in [0.25, 0.3) is 0 Å². The summed E-state index contributed by atoms with van der Waals surface area (Å²) in [4.78, 5) is 21.3. The highest BCUT2D eigenvalue weighted by Gasteiger charge is 2.46. The van der Waals surface area contributed by atoms with Crippen molar-refractivity contribution >= 4 is 27.1 Å². The Kier molecular flexibility index (Phi) is 6.23. The number of nitrogens with one attached hydrogen (secondary N) is 2. The number of carbonyl (C=O) groups is 1. The van der Waals surface area contributed by atoms with Gasteiger partial charge in [0, 0.05) is 24.7 Å². The zero-order valence-corrected chi connectivity index (χ0v) is 14.9. The molecule has 0 radical (unpaired) electrons. The smallest absolute Gasteiger partial charge is 0.378 e. The summed E-state index contributed by atoms with van der Waals surface area (Å²) >= 11 is 0. The van der Waals surface area contributed by atoms with Crippen molar-refractivity contribution in [3.63, 3.8) is 0 Å². The van der Waals surface area contributed by atoms with E-state index in [0.717, 1.165) is 12.1 Å². The number of hydrogen-bond acceptors (Lipinski definition) is 6. The van der Waals surface area contributed by atoms with Crippen LogP contribution < -0.4 is 10.6 Å². The number of halogens is 3. The number of nitro benzene ring substituents is 1. The second kappa shape index (κ2) is 8.25. The van der Waals surface area contributed by atoms with Gasteiger partial charge in [0.15, 0.2) is 0 Å². The average Bonchev–Trinajstić information content (AvgIpc) is 2.64. The Morgan fingerprint density at radius 2 is 1.64 bits per heavy atom. The van der Waals surface area contributed by atoms with E-state index in [2.05, 4.69) is 10.6 Å². The molecule has 0 heterocycles. The van der Waals surface area contributed by atoms with Crippen molar-refractivity contribution in [1.29, 1.82) is 0 Å². The Labute approximate surface area is 157 Å². The molecule has 0 atom stereocenters. The number of carbonyl (C=O) groups excluding carboxylic acids is 1. The van der Waals surface area contributed by atoms with Gasteiger partial charge < -0.3 is 10.6 Å². The van der Waals surface area contributed by atoms with Crippen LogP contribution in [0.3, 0.4) is 0 Å². The first kappa shape index (κ1) is 21.2. The monoisotopic (exact) mass is 417 g/mol. The lowest BCUT2D eigenvalue weighted by molar-refractivity contribution is -0.384. The van der Waals surface area contributed by atoms with E-state index in [1.165, 1.54) is 18.2 Å². The molecular weight excluding hydrogens is 403 g/mol. The molecule has 1 amide bonds. The Balaban J connectivity index is 1.93. The summed E-state index contributed by atoms with van der Waals surface area (Å²) in [5.74, 6) is -0.639. The van der Waals surface area contributed by atoms with Gasteiger partial charge in [-0.15, -0.1) is 0 Å². The highest BCUT2D eigenvalue weighted by Crippen LogP contribution is 2.30. The van der Waals surface area contributed by atoms with Crippen LogP contribution in [0.15, 0.2) is 53.4 Å². The zero-order valence-electron chi connectivity index (χ0n) is 14.1. The fraction of sp³-hybridized carbons (Fsp3) is 0.188. The number of hydrogen-bond donors (Lipinski definition) is 2. The fourth-order valence-electron chi connectivity index (χ4n) is 2.18. The molecule has 0 aliphatic carbocycles. The molecule has 0 bridgehead atoms. The lowest BCUT2D eigenvalue weighted by Crippen LogP contribution is -2.29. The molecule has 0 aromatic heterocycles. The van der Waals surface area contributed by atoms with Gasteiger partial charge in [0.05, 0.1) is 9.82 Å². The first-order chi connectivity index (χ1) is 13.0. The van der Waals surface area contributed by atoms with Crippen LogP contribution in [-0.4, -0.2) is 37.8 Å². The molecule has 0 aliphatic rings. The molecule has 8 nitrogen and oxygen atoms in total. The Morgan fingerprint density at radius 1 is 1.04 bits per heavy atom. The Hall–Kier alpha value is -3.15. The first-order valence-corrected chi connectivity index (χ1v) is 9.19. The van der Waals surface area contributed by atoms with Crippen LogP contribution >= 0.6 is 0 Å². The number of para-hydroxylation sites is 2. The molecule has 0 unspecified atom stereocenters. The Bertz CT molecular complexity index is 976. The number of nitrogens with zero attached hydrogens (tertiary/aromatic N) is 1. The van der Waals surface area contributed by atoms with E-state index in [4.69, 9.17) is 0 Å². The third-order valence-corrected chi connectivity index (χ3v) is 5.06. The number of anilines is 1. The van der Waals surface area contributed by atoms with E-state index >= 15 is 0 Å². The molecule has 150 valence electrons. The van der Waals surface area contributed by atoms with E-state index < -0.39 is 31.1 Å². The Morgan fingerprint density at radius 3 is 2.21 bits per heavy atom. The fourth-order valence-corrected chi connectivity index (χ4v) is 2.94. The highest BCUT2D eigenvalue weighted by atomic mass is 32.2. The molecule has 0 spiro atoms. The number of benzene rings is 2. The average molecular weight is 417 g/mol. The first-order valence-electron chi connectivity index (χ1n) is 7.71. The molecule has 2 N–H and O–H groups in total. The summed E-state index contributed by atoms with van der Waals surface area (Å²) in [6.45, 7) is 0.213. The van der Waals surface area contributed by atoms with Gasteiger partial charge in [-0.05, 0) is 30.3 Å². The van der Waals surface area contributed by atoms with Crippen LogP contribution in [0.4, 0.5) is 24.5 Å². The lowest BCUT2D eigenvalue weighted by Gasteiger charge is -2.10.